The maximum absolute atomic E-state index is 13.8. The summed E-state index contributed by atoms with van der Waals surface area (Å²) in [6, 6.07) is 12.5. The summed E-state index contributed by atoms with van der Waals surface area (Å²) in [7, 11) is 0. The number of rotatable bonds is 4. The third-order valence-corrected chi connectivity index (χ3v) is 3.61. The lowest BCUT2D eigenvalue weighted by atomic mass is 10.2. The second-order valence-corrected chi connectivity index (χ2v) is 5.53. The molecule has 0 aliphatic rings. The van der Waals surface area contributed by atoms with Crippen LogP contribution in [0.4, 0.5) is 10.1 Å². The number of carbonyl (C=O) groups is 1. The number of carbonyl (C=O) groups excluding carboxylic acids is 1. The number of nitrogens with zero attached hydrogens (tertiary/aromatic N) is 4. The van der Waals surface area contributed by atoms with Gasteiger partial charge in [-0.25, -0.2) is 4.39 Å². The molecular weight excluding hydrogens is 333 g/mol. The number of benzene rings is 2. The van der Waals surface area contributed by atoms with E-state index in [9.17, 15) is 9.18 Å². The lowest BCUT2D eigenvalue weighted by Gasteiger charge is -2.11. The first-order valence-corrected chi connectivity index (χ1v) is 7.53. The average Bonchev–Trinajstić information content (AvgIpc) is 3.07. The maximum Gasteiger partial charge on any atom is 0.250 e. The van der Waals surface area contributed by atoms with Crippen LogP contribution in [0.25, 0.3) is 11.4 Å². The number of anilines is 1. The van der Waals surface area contributed by atoms with E-state index < -0.39 is 17.8 Å². The van der Waals surface area contributed by atoms with E-state index in [1.54, 1.807) is 6.92 Å². The zero-order valence-electron chi connectivity index (χ0n) is 12.6. The Labute approximate surface area is 142 Å². The van der Waals surface area contributed by atoms with Crippen LogP contribution in [0.5, 0.6) is 0 Å². The van der Waals surface area contributed by atoms with Gasteiger partial charge in [0.1, 0.15) is 11.9 Å². The third kappa shape index (κ3) is 3.41. The van der Waals surface area contributed by atoms with E-state index in [0.717, 1.165) is 11.6 Å². The standard InChI is InChI=1S/C16H13ClFN5O/c1-10(16(24)19-14-8-7-12(17)9-13(14)18)23-21-15(20-22-23)11-5-3-2-4-6-11/h2-10H,1H3,(H,19,24). The lowest BCUT2D eigenvalue weighted by Crippen LogP contribution is -2.25. The summed E-state index contributed by atoms with van der Waals surface area (Å²) in [5.74, 6) is -0.666. The van der Waals surface area contributed by atoms with Gasteiger partial charge in [-0.1, -0.05) is 41.9 Å². The molecule has 3 aromatic rings. The van der Waals surface area contributed by atoms with Crippen LogP contribution in [-0.2, 0) is 4.79 Å². The highest BCUT2D eigenvalue weighted by atomic mass is 35.5. The monoisotopic (exact) mass is 345 g/mol. The Morgan fingerprint density at radius 3 is 2.71 bits per heavy atom. The lowest BCUT2D eigenvalue weighted by molar-refractivity contribution is -0.119. The molecular formula is C16H13ClFN5O. The van der Waals surface area contributed by atoms with Crippen molar-refractivity contribution < 1.29 is 9.18 Å². The van der Waals surface area contributed by atoms with Gasteiger partial charge in [0.15, 0.2) is 0 Å². The molecule has 1 heterocycles. The molecule has 3 rings (SSSR count). The van der Waals surface area contributed by atoms with Crippen LogP contribution in [0.1, 0.15) is 13.0 Å². The minimum atomic E-state index is -0.759. The van der Waals surface area contributed by atoms with Gasteiger partial charge in [0.05, 0.1) is 5.69 Å². The van der Waals surface area contributed by atoms with Crippen molar-refractivity contribution in [2.24, 2.45) is 0 Å². The molecule has 8 heteroatoms. The summed E-state index contributed by atoms with van der Waals surface area (Å²) in [5.41, 5.74) is 0.833. The van der Waals surface area contributed by atoms with Crippen molar-refractivity contribution in [1.29, 1.82) is 0 Å². The highest BCUT2D eigenvalue weighted by molar-refractivity contribution is 6.30. The fourth-order valence-electron chi connectivity index (χ4n) is 2.02. The van der Waals surface area contributed by atoms with Crippen molar-refractivity contribution in [1.82, 2.24) is 20.2 Å². The highest BCUT2D eigenvalue weighted by Crippen LogP contribution is 2.20. The van der Waals surface area contributed by atoms with E-state index in [1.807, 2.05) is 30.3 Å². The van der Waals surface area contributed by atoms with Crippen molar-refractivity contribution in [3.63, 3.8) is 0 Å². The van der Waals surface area contributed by atoms with Crippen LogP contribution in [-0.4, -0.2) is 26.1 Å². The first-order valence-electron chi connectivity index (χ1n) is 7.15. The molecule has 0 aliphatic carbocycles. The number of halogens is 2. The van der Waals surface area contributed by atoms with Gasteiger partial charge in [-0.15, -0.1) is 10.2 Å². The Bertz CT molecular complexity index is 868. The first kappa shape index (κ1) is 16.1. The van der Waals surface area contributed by atoms with E-state index in [1.165, 1.54) is 16.9 Å². The van der Waals surface area contributed by atoms with E-state index >= 15 is 0 Å². The molecule has 6 nitrogen and oxygen atoms in total. The summed E-state index contributed by atoms with van der Waals surface area (Å²) in [6.07, 6.45) is 0. The molecule has 1 atom stereocenters. The summed E-state index contributed by atoms with van der Waals surface area (Å²) < 4.78 is 13.8. The van der Waals surface area contributed by atoms with Crippen molar-refractivity contribution in [2.75, 3.05) is 5.32 Å². The zero-order valence-corrected chi connectivity index (χ0v) is 13.4. The summed E-state index contributed by atoms with van der Waals surface area (Å²) in [4.78, 5) is 13.4. The topological polar surface area (TPSA) is 72.7 Å². The second kappa shape index (κ2) is 6.76. The number of aromatic nitrogens is 4. The molecule has 2 aromatic carbocycles. The predicted octanol–water partition coefficient (Wildman–Crippen LogP) is 3.33. The van der Waals surface area contributed by atoms with Crippen LogP contribution in [0, 0.1) is 5.82 Å². The van der Waals surface area contributed by atoms with E-state index in [0.29, 0.717) is 5.82 Å². The van der Waals surface area contributed by atoms with Gasteiger partial charge in [-0.05, 0) is 30.3 Å². The second-order valence-electron chi connectivity index (χ2n) is 5.09. The molecule has 0 saturated heterocycles. The molecule has 1 amide bonds. The van der Waals surface area contributed by atoms with Gasteiger partial charge >= 0.3 is 0 Å². The van der Waals surface area contributed by atoms with Crippen LogP contribution in [0.3, 0.4) is 0 Å². The van der Waals surface area contributed by atoms with Gasteiger partial charge in [0.25, 0.3) is 5.91 Å². The van der Waals surface area contributed by atoms with Gasteiger partial charge < -0.3 is 5.32 Å². The molecule has 0 spiro atoms. The highest BCUT2D eigenvalue weighted by Gasteiger charge is 2.20. The Balaban J connectivity index is 1.75. The van der Waals surface area contributed by atoms with E-state index in [4.69, 9.17) is 11.6 Å². The minimum Gasteiger partial charge on any atom is -0.322 e. The fraction of sp³-hybridized carbons (Fsp3) is 0.125. The number of nitrogens with one attached hydrogen (secondary N) is 1. The quantitative estimate of drug-likeness (QED) is 0.787. The Kier molecular flexibility index (Phi) is 4.52. The van der Waals surface area contributed by atoms with Gasteiger partial charge in [0, 0.05) is 10.6 Å². The van der Waals surface area contributed by atoms with Crippen molar-refractivity contribution >= 4 is 23.2 Å². The predicted molar refractivity (Wildman–Crippen MR) is 88.0 cm³/mol. The fourth-order valence-corrected chi connectivity index (χ4v) is 2.18. The van der Waals surface area contributed by atoms with Gasteiger partial charge in [0.2, 0.25) is 5.82 Å². The molecule has 0 saturated carbocycles. The molecule has 1 N–H and O–H groups in total. The van der Waals surface area contributed by atoms with Crippen molar-refractivity contribution in [2.45, 2.75) is 13.0 Å². The average molecular weight is 346 g/mol. The van der Waals surface area contributed by atoms with Crippen molar-refractivity contribution in [3.05, 3.63) is 59.4 Å². The molecule has 0 fully saturated rings. The van der Waals surface area contributed by atoms with Crippen molar-refractivity contribution in [3.8, 4) is 11.4 Å². The number of hydrogen-bond donors (Lipinski definition) is 1. The van der Waals surface area contributed by atoms with Crippen LogP contribution >= 0.6 is 11.6 Å². The SMILES string of the molecule is CC(C(=O)Nc1ccc(Cl)cc1F)n1nnc(-c2ccccc2)n1. The van der Waals surface area contributed by atoms with Gasteiger partial charge in [-0.3, -0.25) is 4.79 Å². The smallest absolute Gasteiger partial charge is 0.250 e. The first-order chi connectivity index (χ1) is 11.5. The molecule has 1 unspecified atom stereocenters. The Hall–Kier alpha value is -2.80. The van der Waals surface area contributed by atoms with Crippen LogP contribution in [0.2, 0.25) is 5.02 Å². The molecule has 0 bridgehead atoms. The number of hydrogen-bond acceptors (Lipinski definition) is 4. The maximum atomic E-state index is 13.8. The molecule has 0 radical (unpaired) electrons. The largest absolute Gasteiger partial charge is 0.322 e. The normalized spacial score (nSPS) is 12.0. The molecule has 24 heavy (non-hydrogen) atoms. The van der Waals surface area contributed by atoms with Crippen LogP contribution < -0.4 is 5.32 Å². The zero-order chi connectivity index (χ0) is 17.1. The Morgan fingerprint density at radius 2 is 2.00 bits per heavy atom. The van der Waals surface area contributed by atoms with Crippen LogP contribution in [0.15, 0.2) is 48.5 Å². The number of amides is 1. The van der Waals surface area contributed by atoms with E-state index in [2.05, 4.69) is 20.7 Å². The Morgan fingerprint density at radius 1 is 1.25 bits per heavy atom. The minimum absolute atomic E-state index is 0.0413. The summed E-state index contributed by atoms with van der Waals surface area (Å²) in [6.45, 7) is 1.60. The number of tetrazole rings is 1. The van der Waals surface area contributed by atoms with Gasteiger partial charge in [-0.2, -0.15) is 4.80 Å². The summed E-state index contributed by atoms with van der Waals surface area (Å²) in [5, 5.41) is 14.8. The molecule has 122 valence electrons. The van der Waals surface area contributed by atoms with E-state index in [-0.39, 0.29) is 10.7 Å². The molecule has 0 aliphatic heterocycles. The summed E-state index contributed by atoms with van der Waals surface area (Å²) >= 11 is 5.69. The molecule has 1 aromatic heterocycles. The third-order valence-electron chi connectivity index (χ3n) is 3.38.